The van der Waals surface area contributed by atoms with E-state index in [9.17, 15) is 14.7 Å². The van der Waals surface area contributed by atoms with E-state index >= 15 is 0 Å². The Kier molecular flexibility index (Phi) is 29.1. The summed E-state index contributed by atoms with van der Waals surface area (Å²) in [4.78, 5) is 23.7. The minimum Gasteiger partial charge on any atom is -0.478 e. The predicted molar refractivity (Wildman–Crippen MR) is 166 cm³/mol. The molecule has 0 aromatic rings. The fraction of sp³-hybridized carbons (Fsp3) is 0.829. The second-order valence-corrected chi connectivity index (χ2v) is 11.4. The fourth-order valence-corrected chi connectivity index (χ4v) is 5.15. The first-order chi connectivity index (χ1) is 18.6. The molecular weight excluding hydrogens is 468 g/mol. The summed E-state index contributed by atoms with van der Waals surface area (Å²) >= 11 is 0. The van der Waals surface area contributed by atoms with Gasteiger partial charge in [0, 0.05) is 11.6 Å². The summed E-state index contributed by atoms with van der Waals surface area (Å²) in [6.07, 6.45) is 38.8. The monoisotopic (exact) mass is 532 g/mol. The number of ketones is 1. The lowest BCUT2D eigenvalue weighted by atomic mass is 10.0. The first-order valence-electron chi connectivity index (χ1n) is 16.8. The molecule has 3 heteroatoms. The van der Waals surface area contributed by atoms with Crippen molar-refractivity contribution in [2.45, 2.75) is 187 Å². The van der Waals surface area contributed by atoms with Crippen LogP contribution in [0.25, 0.3) is 0 Å². The van der Waals surface area contributed by atoms with E-state index in [0.29, 0.717) is 12.0 Å². The highest BCUT2D eigenvalue weighted by molar-refractivity contribution is 6.06. The molecule has 222 valence electrons. The van der Waals surface area contributed by atoms with Crippen molar-refractivity contribution in [3.05, 3.63) is 23.8 Å². The molecule has 0 heterocycles. The standard InChI is InChI=1S/C35H64O3/c1-3-5-7-9-11-13-15-17-19-20-22-24-26-28-30-33(32-35(37)38)34(36)31-29-27-25-23-21-18-16-14-12-10-8-6-4-2/h29,31-32H,3-28,30H2,1-2H3,(H,37,38). The smallest absolute Gasteiger partial charge is 0.328 e. The Hall–Kier alpha value is -1.38. The molecule has 0 spiro atoms. The van der Waals surface area contributed by atoms with Crippen LogP contribution in [0.1, 0.15) is 187 Å². The number of aliphatic carboxylic acids is 1. The molecule has 38 heavy (non-hydrogen) atoms. The van der Waals surface area contributed by atoms with Crippen LogP contribution in [0.15, 0.2) is 23.8 Å². The number of carboxylic acid groups (broad SMARTS) is 1. The molecule has 0 atom stereocenters. The molecule has 0 unspecified atom stereocenters. The lowest BCUT2D eigenvalue weighted by molar-refractivity contribution is -0.131. The van der Waals surface area contributed by atoms with Gasteiger partial charge >= 0.3 is 5.97 Å². The zero-order valence-electron chi connectivity index (χ0n) is 25.6. The maximum Gasteiger partial charge on any atom is 0.328 e. The molecule has 0 fully saturated rings. The molecule has 0 aliphatic carbocycles. The van der Waals surface area contributed by atoms with Crippen LogP contribution >= 0.6 is 0 Å². The lowest BCUT2D eigenvalue weighted by Crippen LogP contribution is -2.03. The number of hydrogen-bond acceptors (Lipinski definition) is 2. The van der Waals surface area contributed by atoms with Gasteiger partial charge in [0.25, 0.3) is 0 Å². The summed E-state index contributed by atoms with van der Waals surface area (Å²) in [7, 11) is 0. The number of carboxylic acids is 1. The van der Waals surface area contributed by atoms with Gasteiger partial charge in [-0.05, 0) is 31.8 Å². The molecule has 0 aromatic carbocycles. The zero-order chi connectivity index (χ0) is 27.9. The molecule has 0 amide bonds. The van der Waals surface area contributed by atoms with Crippen molar-refractivity contribution < 1.29 is 14.7 Å². The van der Waals surface area contributed by atoms with Crippen LogP contribution in [0.2, 0.25) is 0 Å². The number of hydrogen-bond donors (Lipinski definition) is 1. The van der Waals surface area contributed by atoms with Crippen molar-refractivity contribution in [2.75, 3.05) is 0 Å². The second kappa shape index (κ2) is 30.2. The first-order valence-corrected chi connectivity index (χ1v) is 16.8. The molecule has 0 saturated carbocycles. The third kappa shape index (κ3) is 27.6. The van der Waals surface area contributed by atoms with E-state index in [1.54, 1.807) is 6.08 Å². The van der Waals surface area contributed by atoms with Crippen molar-refractivity contribution in [2.24, 2.45) is 0 Å². The normalized spacial score (nSPS) is 12.0. The molecule has 0 radical (unpaired) electrons. The number of carbonyl (C=O) groups excluding carboxylic acids is 1. The van der Waals surface area contributed by atoms with Gasteiger partial charge in [-0.1, -0.05) is 168 Å². The van der Waals surface area contributed by atoms with Gasteiger partial charge in [-0.2, -0.15) is 0 Å². The van der Waals surface area contributed by atoms with Gasteiger partial charge in [0.15, 0.2) is 5.78 Å². The van der Waals surface area contributed by atoms with Crippen LogP contribution in [0, 0.1) is 0 Å². The van der Waals surface area contributed by atoms with Crippen molar-refractivity contribution in [1.82, 2.24) is 0 Å². The van der Waals surface area contributed by atoms with E-state index in [-0.39, 0.29) is 5.78 Å². The average molecular weight is 533 g/mol. The number of unbranched alkanes of at least 4 members (excludes halogenated alkanes) is 24. The Balaban J connectivity index is 3.78. The van der Waals surface area contributed by atoms with Crippen molar-refractivity contribution >= 4 is 11.8 Å². The summed E-state index contributed by atoms with van der Waals surface area (Å²) in [5, 5.41) is 9.18. The average Bonchev–Trinajstić information content (AvgIpc) is 2.90. The van der Waals surface area contributed by atoms with Crippen LogP contribution in [-0.4, -0.2) is 16.9 Å². The van der Waals surface area contributed by atoms with Gasteiger partial charge in [0.05, 0.1) is 0 Å². The SMILES string of the molecule is CCCCCCCCCCCCCC=CC(=O)C(=CC(=O)O)CCCCCCCCCCCCCCCC. The molecular formula is C35H64O3. The van der Waals surface area contributed by atoms with Crippen LogP contribution in [0.5, 0.6) is 0 Å². The summed E-state index contributed by atoms with van der Waals surface area (Å²) in [6, 6.07) is 0. The highest BCUT2D eigenvalue weighted by atomic mass is 16.4. The van der Waals surface area contributed by atoms with Gasteiger partial charge in [0.2, 0.25) is 0 Å². The summed E-state index contributed by atoms with van der Waals surface area (Å²) in [5.74, 6) is -1.14. The van der Waals surface area contributed by atoms with Crippen molar-refractivity contribution in [3.63, 3.8) is 0 Å². The Morgan fingerprint density at radius 2 is 0.842 bits per heavy atom. The zero-order valence-corrected chi connectivity index (χ0v) is 25.6. The molecule has 3 nitrogen and oxygen atoms in total. The Bertz CT molecular complexity index is 590. The largest absolute Gasteiger partial charge is 0.478 e. The molecule has 1 N–H and O–H groups in total. The first kappa shape index (κ1) is 36.6. The van der Waals surface area contributed by atoms with E-state index in [1.165, 1.54) is 141 Å². The van der Waals surface area contributed by atoms with Gasteiger partial charge in [-0.3, -0.25) is 4.79 Å². The lowest BCUT2D eigenvalue weighted by Gasteiger charge is -2.05. The van der Waals surface area contributed by atoms with E-state index in [1.807, 2.05) is 6.08 Å². The molecule has 0 aliphatic rings. The molecule has 0 bridgehead atoms. The quantitative estimate of drug-likeness (QED) is 0.0739. The van der Waals surface area contributed by atoms with E-state index in [2.05, 4.69) is 13.8 Å². The van der Waals surface area contributed by atoms with Crippen LogP contribution < -0.4 is 0 Å². The fourth-order valence-electron chi connectivity index (χ4n) is 5.15. The molecule has 0 aliphatic heterocycles. The Labute approximate surface area is 237 Å². The third-order valence-corrected chi connectivity index (χ3v) is 7.66. The third-order valence-electron chi connectivity index (χ3n) is 7.66. The summed E-state index contributed by atoms with van der Waals surface area (Å²) in [5.41, 5.74) is 0.451. The minimum atomic E-state index is -1.02. The van der Waals surface area contributed by atoms with E-state index < -0.39 is 5.97 Å². The van der Waals surface area contributed by atoms with Crippen LogP contribution in [0.4, 0.5) is 0 Å². The number of allylic oxidation sites excluding steroid dienone is 3. The predicted octanol–water partition coefficient (Wildman–Crippen LogP) is 11.7. The maximum absolute atomic E-state index is 12.5. The Morgan fingerprint density at radius 3 is 1.21 bits per heavy atom. The summed E-state index contributed by atoms with van der Waals surface area (Å²) in [6.45, 7) is 4.53. The van der Waals surface area contributed by atoms with Crippen LogP contribution in [0.3, 0.4) is 0 Å². The van der Waals surface area contributed by atoms with Crippen LogP contribution in [-0.2, 0) is 9.59 Å². The second-order valence-electron chi connectivity index (χ2n) is 11.4. The van der Waals surface area contributed by atoms with Gasteiger partial charge in [-0.15, -0.1) is 0 Å². The molecule has 0 rings (SSSR count). The van der Waals surface area contributed by atoms with Gasteiger partial charge < -0.3 is 5.11 Å². The van der Waals surface area contributed by atoms with Gasteiger partial charge in [-0.25, -0.2) is 4.79 Å². The molecule has 0 saturated heterocycles. The van der Waals surface area contributed by atoms with E-state index in [0.717, 1.165) is 31.8 Å². The van der Waals surface area contributed by atoms with Crippen molar-refractivity contribution in [3.8, 4) is 0 Å². The topological polar surface area (TPSA) is 54.4 Å². The highest BCUT2D eigenvalue weighted by Crippen LogP contribution is 2.16. The van der Waals surface area contributed by atoms with E-state index in [4.69, 9.17) is 0 Å². The number of rotatable bonds is 30. The summed E-state index contributed by atoms with van der Waals surface area (Å²) < 4.78 is 0. The highest BCUT2D eigenvalue weighted by Gasteiger charge is 2.08. The minimum absolute atomic E-state index is 0.120. The van der Waals surface area contributed by atoms with Crippen molar-refractivity contribution in [1.29, 1.82) is 0 Å². The molecule has 0 aromatic heterocycles. The van der Waals surface area contributed by atoms with Gasteiger partial charge in [0.1, 0.15) is 0 Å². The Morgan fingerprint density at radius 1 is 0.500 bits per heavy atom. The maximum atomic E-state index is 12.5. The number of carbonyl (C=O) groups is 2.